The maximum atomic E-state index is 8.96. The Morgan fingerprint density at radius 3 is 1.38 bits per heavy atom. The van der Waals surface area contributed by atoms with Crippen molar-refractivity contribution in [2.24, 2.45) is 0 Å². The highest BCUT2D eigenvalue weighted by Crippen LogP contribution is 2.33. The molecule has 56 heavy (non-hydrogen) atoms. The lowest BCUT2D eigenvalue weighted by molar-refractivity contribution is 1.07. The second-order valence-electron chi connectivity index (χ2n) is 13.6. The van der Waals surface area contributed by atoms with Crippen molar-refractivity contribution in [3.63, 3.8) is 0 Å². The number of aryl methyl sites for hydroxylation is 2. The van der Waals surface area contributed by atoms with Gasteiger partial charge in [0.25, 0.3) is 0 Å². The van der Waals surface area contributed by atoms with Crippen LogP contribution in [0.2, 0.25) is 0 Å². The standard InChI is InChI=1S/2C23H16N4S/c2*1-15-10-16(6-8-24)2-5-22(15)27-14-26-21-12-25-20-4-3-17(11-19(20)23(21)27)18-7-9-28-13-18/h2*2-5,7,9-14H,6H2,1H3. The molecule has 10 heteroatoms. The second-order valence-corrected chi connectivity index (χ2v) is 15.2. The quantitative estimate of drug-likeness (QED) is 0.167. The zero-order valence-electron chi connectivity index (χ0n) is 30.5. The van der Waals surface area contributed by atoms with Crippen LogP contribution < -0.4 is 0 Å². The van der Waals surface area contributed by atoms with Crippen LogP contribution in [0, 0.1) is 36.5 Å². The lowest BCUT2D eigenvalue weighted by Gasteiger charge is -2.11. The van der Waals surface area contributed by atoms with E-state index in [9.17, 15) is 0 Å². The number of nitriles is 2. The Bertz CT molecular complexity index is 2930. The molecule has 0 amide bonds. The molecule has 0 aliphatic heterocycles. The molecule has 268 valence electrons. The van der Waals surface area contributed by atoms with E-state index in [2.05, 4.69) is 149 Å². The number of hydrogen-bond acceptors (Lipinski definition) is 8. The number of benzene rings is 4. The Labute approximate surface area is 330 Å². The molecule has 8 nitrogen and oxygen atoms in total. The molecule has 0 saturated heterocycles. The molecule has 6 aromatic heterocycles. The molecule has 0 spiro atoms. The summed E-state index contributed by atoms with van der Waals surface area (Å²) in [6.07, 6.45) is 8.21. The Kier molecular flexibility index (Phi) is 9.12. The summed E-state index contributed by atoms with van der Waals surface area (Å²) < 4.78 is 4.25. The van der Waals surface area contributed by atoms with E-state index in [1.807, 2.05) is 37.2 Å². The zero-order valence-corrected chi connectivity index (χ0v) is 32.1. The minimum absolute atomic E-state index is 0.419. The van der Waals surface area contributed by atoms with Crippen molar-refractivity contribution >= 4 is 66.5 Å². The van der Waals surface area contributed by atoms with E-state index in [1.165, 1.54) is 22.3 Å². The highest BCUT2D eigenvalue weighted by atomic mass is 32.1. The molecular formula is C46H32N8S2. The van der Waals surface area contributed by atoms with Crippen LogP contribution >= 0.6 is 22.7 Å². The molecule has 6 heterocycles. The molecular weight excluding hydrogens is 729 g/mol. The summed E-state index contributed by atoms with van der Waals surface area (Å²) in [5, 5.41) is 28.6. The van der Waals surface area contributed by atoms with Crippen LogP contribution in [0.5, 0.6) is 0 Å². The summed E-state index contributed by atoms with van der Waals surface area (Å²) in [6, 6.07) is 33.8. The summed E-state index contributed by atoms with van der Waals surface area (Å²) in [5.74, 6) is 0. The van der Waals surface area contributed by atoms with Gasteiger partial charge in [0.2, 0.25) is 0 Å². The van der Waals surface area contributed by atoms with E-state index < -0.39 is 0 Å². The molecule has 0 aliphatic carbocycles. The normalized spacial score (nSPS) is 11.1. The first-order valence-electron chi connectivity index (χ1n) is 18.0. The molecule has 0 atom stereocenters. The van der Waals surface area contributed by atoms with Crippen LogP contribution in [-0.2, 0) is 12.8 Å². The minimum atomic E-state index is 0.419. The number of rotatable bonds is 6. The number of imidazole rings is 2. The first-order valence-corrected chi connectivity index (χ1v) is 19.9. The van der Waals surface area contributed by atoms with Gasteiger partial charge in [-0.2, -0.15) is 33.2 Å². The Balaban J connectivity index is 0.000000146. The summed E-state index contributed by atoms with van der Waals surface area (Å²) in [5.41, 5.74) is 17.0. The van der Waals surface area contributed by atoms with E-state index in [1.54, 1.807) is 22.7 Å². The van der Waals surface area contributed by atoms with Crippen LogP contribution in [0.25, 0.3) is 77.5 Å². The summed E-state index contributed by atoms with van der Waals surface area (Å²) in [4.78, 5) is 18.4. The second kappa shape index (κ2) is 14.7. The van der Waals surface area contributed by atoms with Gasteiger partial charge in [-0.05, 0) is 128 Å². The molecule has 0 radical (unpaired) electrons. The molecule has 0 saturated carbocycles. The van der Waals surface area contributed by atoms with Crippen molar-refractivity contribution in [3.8, 4) is 45.8 Å². The highest BCUT2D eigenvalue weighted by molar-refractivity contribution is 7.08. The topological polar surface area (TPSA) is 109 Å². The number of aromatic nitrogens is 6. The van der Waals surface area contributed by atoms with Crippen molar-refractivity contribution in [2.75, 3.05) is 0 Å². The third-order valence-corrected chi connectivity index (χ3v) is 11.4. The molecule has 0 unspecified atom stereocenters. The third kappa shape index (κ3) is 6.37. The number of nitrogens with zero attached hydrogens (tertiary/aromatic N) is 8. The summed E-state index contributed by atoms with van der Waals surface area (Å²) in [7, 11) is 0. The van der Waals surface area contributed by atoms with E-state index in [0.29, 0.717) is 12.8 Å². The largest absolute Gasteiger partial charge is 0.298 e. The van der Waals surface area contributed by atoms with Gasteiger partial charge in [-0.25, -0.2) is 9.97 Å². The van der Waals surface area contributed by atoms with E-state index in [0.717, 1.165) is 77.5 Å². The number of thiophene rings is 2. The van der Waals surface area contributed by atoms with Gasteiger partial charge in [-0.3, -0.25) is 19.1 Å². The number of hydrogen-bond donors (Lipinski definition) is 0. The maximum Gasteiger partial charge on any atom is 0.108 e. The lowest BCUT2D eigenvalue weighted by Crippen LogP contribution is -1.97. The van der Waals surface area contributed by atoms with Crippen molar-refractivity contribution in [3.05, 3.63) is 154 Å². The van der Waals surface area contributed by atoms with Crippen LogP contribution in [-0.4, -0.2) is 29.1 Å². The summed E-state index contributed by atoms with van der Waals surface area (Å²) >= 11 is 3.39. The van der Waals surface area contributed by atoms with Gasteiger partial charge in [-0.1, -0.05) is 36.4 Å². The third-order valence-electron chi connectivity index (χ3n) is 10.1. The van der Waals surface area contributed by atoms with Crippen LogP contribution in [0.4, 0.5) is 0 Å². The fraction of sp³-hybridized carbons (Fsp3) is 0.0870. The molecule has 10 aromatic rings. The molecule has 0 fully saturated rings. The van der Waals surface area contributed by atoms with Gasteiger partial charge < -0.3 is 0 Å². The zero-order chi connectivity index (χ0) is 38.2. The first-order chi connectivity index (χ1) is 27.5. The summed E-state index contributed by atoms with van der Waals surface area (Å²) in [6.45, 7) is 4.14. The minimum Gasteiger partial charge on any atom is -0.298 e. The maximum absolute atomic E-state index is 8.96. The monoisotopic (exact) mass is 760 g/mol. The lowest BCUT2D eigenvalue weighted by atomic mass is 10.0. The number of fused-ring (bicyclic) bond motifs is 6. The fourth-order valence-electron chi connectivity index (χ4n) is 7.35. The average Bonchev–Trinajstić information content (AvgIpc) is 4.06. The Morgan fingerprint density at radius 1 is 0.518 bits per heavy atom. The van der Waals surface area contributed by atoms with Gasteiger partial charge in [0.15, 0.2) is 0 Å². The average molecular weight is 761 g/mol. The van der Waals surface area contributed by atoms with Gasteiger partial charge in [-0.15, -0.1) is 0 Å². The van der Waals surface area contributed by atoms with Gasteiger partial charge in [0.05, 0.1) is 70.8 Å². The van der Waals surface area contributed by atoms with E-state index >= 15 is 0 Å². The van der Waals surface area contributed by atoms with Crippen molar-refractivity contribution in [1.82, 2.24) is 29.1 Å². The van der Waals surface area contributed by atoms with Crippen LogP contribution in [0.15, 0.2) is 131 Å². The van der Waals surface area contributed by atoms with Crippen LogP contribution in [0.1, 0.15) is 22.3 Å². The van der Waals surface area contributed by atoms with Crippen LogP contribution in [0.3, 0.4) is 0 Å². The smallest absolute Gasteiger partial charge is 0.108 e. The molecule has 4 aromatic carbocycles. The predicted octanol–water partition coefficient (Wildman–Crippen LogP) is 11.4. The van der Waals surface area contributed by atoms with Crippen molar-refractivity contribution in [2.45, 2.75) is 26.7 Å². The SMILES string of the molecule is Cc1cc(CC#N)ccc1-n1cnc2cnc3ccc(-c4ccsc4)cc3c21.Cc1cc(CC#N)ccc1-n1cnc2cnc3ccc(-c4ccsc4)cc3c21. The van der Waals surface area contributed by atoms with Gasteiger partial charge in [0, 0.05) is 10.8 Å². The molecule has 0 aliphatic rings. The molecule has 0 N–H and O–H groups in total. The van der Waals surface area contributed by atoms with Crippen molar-refractivity contribution in [1.29, 1.82) is 10.5 Å². The first kappa shape index (κ1) is 34.8. The molecule has 10 rings (SSSR count). The Morgan fingerprint density at radius 2 is 0.982 bits per heavy atom. The molecule has 0 bridgehead atoms. The van der Waals surface area contributed by atoms with Gasteiger partial charge in [0.1, 0.15) is 23.7 Å². The van der Waals surface area contributed by atoms with Gasteiger partial charge >= 0.3 is 0 Å². The van der Waals surface area contributed by atoms with Crippen molar-refractivity contribution < 1.29 is 0 Å². The predicted molar refractivity (Wildman–Crippen MR) is 227 cm³/mol. The highest BCUT2D eigenvalue weighted by Gasteiger charge is 2.15. The fourth-order valence-corrected chi connectivity index (χ4v) is 8.68. The van der Waals surface area contributed by atoms with E-state index in [-0.39, 0.29) is 0 Å². The van der Waals surface area contributed by atoms with E-state index in [4.69, 9.17) is 10.5 Å². The Hall–Kier alpha value is -6.98. The number of pyridine rings is 2.